The fourth-order valence-corrected chi connectivity index (χ4v) is 8.64. The summed E-state index contributed by atoms with van der Waals surface area (Å²) in [6, 6.07) is 4.72. The highest BCUT2D eigenvalue weighted by atomic mass is 28.3. The summed E-state index contributed by atoms with van der Waals surface area (Å²) in [5.74, 6) is 0.252. The number of rotatable bonds is 11. The quantitative estimate of drug-likeness (QED) is 0.211. The average Bonchev–Trinajstić information content (AvgIpc) is 3.22. The van der Waals surface area contributed by atoms with Crippen LogP contribution in [0.15, 0.2) is 29.0 Å². The number of esters is 1. The zero-order chi connectivity index (χ0) is 24.7. The van der Waals surface area contributed by atoms with Crippen LogP contribution >= 0.6 is 0 Å². The van der Waals surface area contributed by atoms with Gasteiger partial charge >= 0.3 is 5.97 Å². The van der Waals surface area contributed by atoms with Gasteiger partial charge in [-0.3, -0.25) is 0 Å². The molecule has 0 radical (unpaired) electrons. The van der Waals surface area contributed by atoms with Gasteiger partial charge in [0.25, 0.3) is 0 Å². The highest BCUT2D eigenvalue weighted by molar-refractivity contribution is 6.83. The molecule has 2 aromatic rings. The van der Waals surface area contributed by atoms with E-state index in [-0.39, 0.29) is 12.3 Å². The van der Waals surface area contributed by atoms with E-state index in [0.29, 0.717) is 40.6 Å². The monoisotopic (exact) mass is 476 g/mol. The van der Waals surface area contributed by atoms with Crippen LogP contribution < -0.4 is 4.74 Å². The maximum absolute atomic E-state index is 11.8. The Hall–Kier alpha value is -2.19. The number of pyridine rings is 1. The SMILES string of the molecule is CCOC(=O)c1coc(-c2ccnc(OCCOCCC[Si](C)(C(C)(C)C)C(C)(C)C)c2)n1. The third kappa shape index (κ3) is 7.14. The molecule has 0 atom stereocenters. The number of hydrogen-bond acceptors (Lipinski definition) is 7. The highest BCUT2D eigenvalue weighted by Crippen LogP contribution is 2.53. The first-order valence-electron chi connectivity index (χ1n) is 11.7. The second-order valence-corrected chi connectivity index (χ2v) is 16.7. The Labute approximate surface area is 199 Å². The summed E-state index contributed by atoms with van der Waals surface area (Å²) in [6.07, 6.45) is 3.97. The molecule has 0 aliphatic heterocycles. The first-order chi connectivity index (χ1) is 15.4. The summed E-state index contributed by atoms with van der Waals surface area (Å²) in [7, 11) is -1.49. The molecule has 0 saturated heterocycles. The molecule has 0 aliphatic carbocycles. The third-order valence-electron chi connectivity index (χ3n) is 6.72. The number of aromatic nitrogens is 2. The molecule has 2 heterocycles. The number of nitrogens with zero attached hydrogens (tertiary/aromatic N) is 2. The number of oxazole rings is 1. The predicted octanol–water partition coefficient (Wildman–Crippen LogP) is 6.38. The molecule has 7 nitrogen and oxygen atoms in total. The molecule has 0 saturated carbocycles. The Kier molecular flexibility index (Phi) is 9.26. The highest BCUT2D eigenvalue weighted by Gasteiger charge is 2.47. The summed E-state index contributed by atoms with van der Waals surface area (Å²) in [4.78, 5) is 20.2. The number of carbonyl (C=O) groups excluding carboxylic acids is 1. The van der Waals surface area contributed by atoms with Gasteiger partial charge < -0.3 is 18.6 Å². The van der Waals surface area contributed by atoms with Crippen LogP contribution in [0.1, 0.15) is 65.4 Å². The second kappa shape index (κ2) is 11.3. The first kappa shape index (κ1) is 27.1. The van der Waals surface area contributed by atoms with Gasteiger partial charge in [-0.1, -0.05) is 54.1 Å². The smallest absolute Gasteiger partial charge is 0.360 e. The fourth-order valence-electron chi connectivity index (χ4n) is 4.04. The van der Waals surface area contributed by atoms with Crippen molar-refractivity contribution in [3.63, 3.8) is 0 Å². The zero-order valence-corrected chi connectivity index (χ0v) is 22.5. The van der Waals surface area contributed by atoms with Crippen LogP contribution in [-0.2, 0) is 9.47 Å². The van der Waals surface area contributed by atoms with Gasteiger partial charge in [0.05, 0.1) is 21.3 Å². The van der Waals surface area contributed by atoms with Crippen LogP contribution in [-0.4, -0.2) is 50.4 Å². The summed E-state index contributed by atoms with van der Waals surface area (Å²) >= 11 is 0. The molecule has 2 rings (SSSR count). The summed E-state index contributed by atoms with van der Waals surface area (Å²) < 4.78 is 21.9. The van der Waals surface area contributed by atoms with Crippen molar-refractivity contribution in [2.45, 2.75) is 77.6 Å². The molecule has 0 bridgehead atoms. The Morgan fingerprint density at radius 3 is 2.42 bits per heavy atom. The van der Waals surface area contributed by atoms with E-state index < -0.39 is 14.0 Å². The number of hydrogen-bond donors (Lipinski definition) is 0. The largest absolute Gasteiger partial charge is 0.475 e. The van der Waals surface area contributed by atoms with Crippen molar-refractivity contribution in [3.8, 4) is 17.3 Å². The first-order valence-corrected chi connectivity index (χ1v) is 14.4. The maximum Gasteiger partial charge on any atom is 0.360 e. The van der Waals surface area contributed by atoms with E-state index >= 15 is 0 Å². The van der Waals surface area contributed by atoms with Gasteiger partial charge in [-0.05, 0) is 29.5 Å². The minimum atomic E-state index is -1.49. The Morgan fingerprint density at radius 2 is 1.79 bits per heavy atom. The van der Waals surface area contributed by atoms with Crippen molar-refractivity contribution in [1.82, 2.24) is 9.97 Å². The van der Waals surface area contributed by atoms with Gasteiger partial charge in [0.15, 0.2) is 5.69 Å². The molecule has 0 spiro atoms. The molecule has 0 aromatic carbocycles. The lowest BCUT2D eigenvalue weighted by atomic mass is 10.2. The Balaban J connectivity index is 1.79. The van der Waals surface area contributed by atoms with Crippen molar-refractivity contribution >= 4 is 14.0 Å². The maximum atomic E-state index is 11.8. The molecule has 33 heavy (non-hydrogen) atoms. The molecule has 0 fully saturated rings. The Bertz CT molecular complexity index is 885. The van der Waals surface area contributed by atoms with Crippen molar-refractivity contribution in [1.29, 1.82) is 0 Å². The van der Waals surface area contributed by atoms with Gasteiger partial charge in [0, 0.05) is 24.4 Å². The lowest BCUT2D eigenvalue weighted by Crippen LogP contribution is -2.48. The van der Waals surface area contributed by atoms with Crippen molar-refractivity contribution < 1.29 is 23.4 Å². The molecule has 8 heteroatoms. The van der Waals surface area contributed by atoms with Crippen molar-refractivity contribution in [3.05, 3.63) is 30.3 Å². The van der Waals surface area contributed by atoms with Gasteiger partial charge in [0.1, 0.15) is 12.9 Å². The lowest BCUT2D eigenvalue weighted by molar-refractivity contribution is 0.0519. The van der Waals surface area contributed by atoms with E-state index in [1.165, 1.54) is 12.3 Å². The van der Waals surface area contributed by atoms with Crippen LogP contribution in [0.5, 0.6) is 5.88 Å². The molecule has 184 valence electrons. The standard InChI is InChI=1S/C25H40N2O5Si/c1-9-30-23(28)20-18-32-22(27-20)19-11-12-26-21(17-19)31-15-14-29-13-10-16-33(8,24(2,3)4)25(5,6)7/h11-12,17-18H,9-10,13-16H2,1-8H3. The number of ether oxygens (including phenoxy) is 3. The van der Waals surface area contributed by atoms with Crippen LogP contribution in [0.25, 0.3) is 11.5 Å². The summed E-state index contributed by atoms with van der Waals surface area (Å²) in [6.45, 7) is 20.5. The van der Waals surface area contributed by atoms with Gasteiger partial charge in [-0.2, -0.15) is 0 Å². The molecular formula is C25H40N2O5Si. The minimum absolute atomic E-state index is 0.136. The van der Waals surface area contributed by atoms with E-state index in [2.05, 4.69) is 58.1 Å². The van der Waals surface area contributed by atoms with Crippen LogP contribution in [0.4, 0.5) is 0 Å². The second-order valence-electron chi connectivity index (χ2n) is 10.5. The van der Waals surface area contributed by atoms with Crippen molar-refractivity contribution in [2.75, 3.05) is 26.4 Å². The fraction of sp³-hybridized carbons (Fsp3) is 0.640. The van der Waals surface area contributed by atoms with Gasteiger partial charge in [-0.15, -0.1) is 0 Å². The number of carbonyl (C=O) groups is 1. The van der Waals surface area contributed by atoms with E-state index in [4.69, 9.17) is 18.6 Å². The van der Waals surface area contributed by atoms with E-state index in [1.54, 1.807) is 25.3 Å². The molecule has 0 aliphatic rings. The summed E-state index contributed by atoms with van der Waals surface area (Å²) in [5, 5.41) is 0.704. The third-order valence-corrected chi connectivity index (χ3v) is 14.7. The zero-order valence-electron chi connectivity index (χ0n) is 21.5. The lowest BCUT2D eigenvalue weighted by Gasteiger charge is -2.50. The summed E-state index contributed by atoms with van der Waals surface area (Å²) in [5.41, 5.74) is 0.807. The van der Waals surface area contributed by atoms with Crippen molar-refractivity contribution in [2.24, 2.45) is 0 Å². The molecule has 2 aromatic heterocycles. The van der Waals surface area contributed by atoms with Crippen LogP contribution in [0, 0.1) is 0 Å². The minimum Gasteiger partial charge on any atom is -0.475 e. The molecular weight excluding hydrogens is 436 g/mol. The average molecular weight is 477 g/mol. The van der Waals surface area contributed by atoms with Gasteiger partial charge in [-0.25, -0.2) is 14.8 Å². The van der Waals surface area contributed by atoms with Crippen LogP contribution in [0.3, 0.4) is 0 Å². The van der Waals surface area contributed by atoms with E-state index in [0.717, 1.165) is 13.0 Å². The topological polar surface area (TPSA) is 83.7 Å². The van der Waals surface area contributed by atoms with Gasteiger partial charge in [0.2, 0.25) is 11.8 Å². The van der Waals surface area contributed by atoms with E-state index in [9.17, 15) is 4.79 Å². The molecule has 0 amide bonds. The van der Waals surface area contributed by atoms with Crippen LogP contribution in [0.2, 0.25) is 22.7 Å². The van der Waals surface area contributed by atoms with E-state index in [1.807, 2.05) is 0 Å². The molecule has 0 N–H and O–H groups in total. The Morgan fingerprint density at radius 1 is 1.09 bits per heavy atom. The normalized spacial score (nSPS) is 12.6. The molecule has 0 unspecified atom stereocenters. The predicted molar refractivity (Wildman–Crippen MR) is 132 cm³/mol.